The SMILES string of the molecule is C/C(=C/C(=O)O)CNCc1cscc1C. The molecule has 0 fully saturated rings. The van der Waals surface area contributed by atoms with Crippen LogP contribution in [0.15, 0.2) is 22.4 Å². The van der Waals surface area contributed by atoms with Crippen LogP contribution in [0.4, 0.5) is 0 Å². The quantitative estimate of drug-likeness (QED) is 0.755. The summed E-state index contributed by atoms with van der Waals surface area (Å²) in [4.78, 5) is 10.4. The lowest BCUT2D eigenvalue weighted by molar-refractivity contribution is -0.131. The molecule has 0 atom stereocenters. The summed E-state index contributed by atoms with van der Waals surface area (Å²) in [5, 5.41) is 15.9. The highest BCUT2D eigenvalue weighted by atomic mass is 32.1. The Morgan fingerprint density at radius 3 is 2.87 bits per heavy atom. The number of carboxylic acid groups (broad SMARTS) is 1. The van der Waals surface area contributed by atoms with E-state index in [1.165, 1.54) is 17.2 Å². The smallest absolute Gasteiger partial charge is 0.328 e. The van der Waals surface area contributed by atoms with Gasteiger partial charge in [-0.2, -0.15) is 11.3 Å². The summed E-state index contributed by atoms with van der Waals surface area (Å²) in [6.45, 7) is 5.29. The van der Waals surface area contributed by atoms with Gasteiger partial charge in [-0.05, 0) is 35.7 Å². The highest BCUT2D eigenvalue weighted by Crippen LogP contribution is 2.12. The average molecular weight is 225 g/mol. The van der Waals surface area contributed by atoms with Crippen LogP contribution >= 0.6 is 11.3 Å². The minimum Gasteiger partial charge on any atom is -0.478 e. The van der Waals surface area contributed by atoms with Crippen molar-refractivity contribution < 1.29 is 9.90 Å². The zero-order chi connectivity index (χ0) is 11.3. The fourth-order valence-corrected chi connectivity index (χ4v) is 2.08. The maximum Gasteiger partial charge on any atom is 0.328 e. The predicted octanol–water partition coefficient (Wildman–Crippen LogP) is 2.18. The van der Waals surface area contributed by atoms with E-state index in [2.05, 4.69) is 23.0 Å². The van der Waals surface area contributed by atoms with Gasteiger partial charge in [-0.3, -0.25) is 0 Å². The molecule has 0 radical (unpaired) electrons. The van der Waals surface area contributed by atoms with Crippen LogP contribution in [-0.4, -0.2) is 17.6 Å². The Hall–Kier alpha value is -1.13. The Morgan fingerprint density at radius 1 is 1.60 bits per heavy atom. The van der Waals surface area contributed by atoms with Gasteiger partial charge in [0.2, 0.25) is 0 Å². The first-order valence-corrected chi connectivity index (χ1v) is 5.66. The molecule has 2 N–H and O–H groups in total. The number of thiophene rings is 1. The summed E-state index contributed by atoms with van der Waals surface area (Å²) in [6.07, 6.45) is 1.23. The molecule has 1 rings (SSSR count). The van der Waals surface area contributed by atoms with E-state index in [1.807, 2.05) is 6.92 Å². The van der Waals surface area contributed by atoms with Crippen LogP contribution in [-0.2, 0) is 11.3 Å². The summed E-state index contributed by atoms with van der Waals surface area (Å²) < 4.78 is 0. The largest absolute Gasteiger partial charge is 0.478 e. The number of hydrogen-bond acceptors (Lipinski definition) is 3. The van der Waals surface area contributed by atoms with E-state index in [1.54, 1.807) is 11.3 Å². The molecule has 0 aliphatic heterocycles. The van der Waals surface area contributed by atoms with E-state index >= 15 is 0 Å². The summed E-state index contributed by atoms with van der Waals surface area (Å²) in [7, 11) is 0. The Balaban J connectivity index is 2.34. The number of hydrogen-bond donors (Lipinski definition) is 2. The van der Waals surface area contributed by atoms with Crippen molar-refractivity contribution in [3.8, 4) is 0 Å². The summed E-state index contributed by atoms with van der Waals surface area (Å²) >= 11 is 1.69. The van der Waals surface area contributed by atoms with Crippen LogP contribution in [0.5, 0.6) is 0 Å². The van der Waals surface area contributed by atoms with E-state index in [0.717, 1.165) is 12.1 Å². The first kappa shape index (κ1) is 11.9. The lowest BCUT2D eigenvalue weighted by atomic mass is 10.2. The first-order chi connectivity index (χ1) is 7.09. The Kier molecular flexibility index (Phi) is 4.52. The van der Waals surface area contributed by atoms with Crippen LogP contribution in [0.1, 0.15) is 18.1 Å². The van der Waals surface area contributed by atoms with Crippen LogP contribution in [0.2, 0.25) is 0 Å². The number of carbonyl (C=O) groups is 1. The average Bonchev–Trinajstić information content (AvgIpc) is 2.50. The molecule has 0 amide bonds. The van der Waals surface area contributed by atoms with Crippen molar-refractivity contribution in [2.24, 2.45) is 0 Å². The molecule has 0 saturated carbocycles. The molecular formula is C11H15NO2S. The minimum atomic E-state index is -0.888. The number of aryl methyl sites for hydroxylation is 1. The molecule has 0 aliphatic rings. The third-order valence-electron chi connectivity index (χ3n) is 2.05. The molecule has 15 heavy (non-hydrogen) atoms. The predicted molar refractivity (Wildman–Crippen MR) is 62.2 cm³/mol. The van der Waals surface area contributed by atoms with Crippen molar-refractivity contribution in [3.05, 3.63) is 33.5 Å². The maximum absolute atomic E-state index is 10.4. The Bertz CT molecular complexity index is 368. The van der Waals surface area contributed by atoms with E-state index in [0.29, 0.717) is 6.54 Å². The molecule has 82 valence electrons. The Labute approximate surface area is 93.4 Å². The van der Waals surface area contributed by atoms with E-state index in [4.69, 9.17) is 5.11 Å². The second-order valence-corrected chi connectivity index (χ2v) is 4.26. The van der Waals surface area contributed by atoms with Crippen molar-refractivity contribution in [1.82, 2.24) is 5.32 Å². The lowest BCUT2D eigenvalue weighted by Gasteiger charge is -2.04. The van der Waals surface area contributed by atoms with Gasteiger partial charge in [0.05, 0.1) is 0 Å². The van der Waals surface area contributed by atoms with Crippen LogP contribution in [0.3, 0.4) is 0 Å². The van der Waals surface area contributed by atoms with Crippen LogP contribution in [0.25, 0.3) is 0 Å². The van der Waals surface area contributed by atoms with Gasteiger partial charge in [0.1, 0.15) is 0 Å². The van der Waals surface area contributed by atoms with Gasteiger partial charge in [0.15, 0.2) is 0 Å². The van der Waals surface area contributed by atoms with E-state index < -0.39 is 5.97 Å². The zero-order valence-corrected chi connectivity index (χ0v) is 9.73. The summed E-state index contributed by atoms with van der Waals surface area (Å²) in [6, 6.07) is 0. The molecule has 0 saturated heterocycles. The second kappa shape index (κ2) is 5.68. The number of rotatable bonds is 5. The van der Waals surface area contributed by atoms with E-state index in [9.17, 15) is 4.79 Å². The minimum absolute atomic E-state index is 0.613. The van der Waals surface area contributed by atoms with Gasteiger partial charge in [0.25, 0.3) is 0 Å². The zero-order valence-electron chi connectivity index (χ0n) is 8.91. The molecule has 0 bridgehead atoms. The molecule has 1 aromatic heterocycles. The first-order valence-electron chi connectivity index (χ1n) is 4.72. The number of carboxylic acids is 1. The molecule has 3 nitrogen and oxygen atoms in total. The fraction of sp³-hybridized carbons (Fsp3) is 0.364. The van der Waals surface area contributed by atoms with Crippen LogP contribution < -0.4 is 5.32 Å². The highest BCUT2D eigenvalue weighted by molar-refractivity contribution is 7.08. The molecule has 4 heteroatoms. The van der Waals surface area contributed by atoms with Gasteiger partial charge in [0, 0.05) is 19.2 Å². The third-order valence-corrected chi connectivity index (χ3v) is 2.96. The topological polar surface area (TPSA) is 49.3 Å². The standard InChI is InChI=1S/C11H15NO2S/c1-8(3-11(13)14)4-12-5-10-7-15-6-9(10)2/h3,6-7,12H,4-5H2,1-2H3,(H,13,14)/b8-3-. The lowest BCUT2D eigenvalue weighted by Crippen LogP contribution is -2.16. The molecular weight excluding hydrogens is 210 g/mol. The van der Waals surface area contributed by atoms with Crippen molar-refractivity contribution in [1.29, 1.82) is 0 Å². The normalized spacial score (nSPS) is 11.7. The number of nitrogens with one attached hydrogen (secondary N) is 1. The third kappa shape index (κ3) is 4.27. The monoisotopic (exact) mass is 225 g/mol. The molecule has 0 aromatic carbocycles. The molecule has 1 heterocycles. The van der Waals surface area contributed by atoms with Gasteiger partial charge in [-0.1, -0.05) is 5.57 Å². The van der Waals surface area contributed by atoms with Gasteiger partial charge < -0.3 is 10.4 Å². The Morgan fingerprint density at radius 2 is 2.33 bits per heavy atom. The van der Waals surface area contributed by atoms with Crippen molar-refractivity contribution in [2.75, 3.05) is 6.54 Å². The summed E-state index contributed by atoms with van der Waals surface area (Å²) in [5.41, 5.74) is 3.39. The molecule has 1 aromatic rings. The van der Waals surface area contributed by atoms with Crippen molar-refractivity contribution in [3.63, 3.8) is 0 Å². The molecule has 0 spiro atoms. The second-order valence-electron chi connectivity index (χ2n) is 3.51. The van der Waals surface area contributed by atoms with Crippen molar-refractivity contribution in [2.45, 2.75) is 20.4 Å². The van der Waals surface area contributed by atoms with Crippen molar-refractivity contribution >= 4 is 17.3 Å². The van der Waals surface area contributed by atoms with Crippen LogP contribution in [0, 0.1) is 6.92 Å². The highest BCUT2D eigenvalue weighted by Gasteiger charge is 1.99. The fourth-order valence-electron chi connectivity index (χ4n) is 1.22. The summed E-state index contributed by atoms with van der Waals surface area (Å²) in [5.74, 6) is -0.888. The van der Waals surface area contributed by atoms with Gasteiger partial charge >= 0.3 is 5.97 Å². The molecule has 0 aliphatic carbocycles. The number of aliphatic carboxylic acids is 1. The maximum atomic E-state index is 10.4. The van der Waals surface area contributed by atoms with Gasteiger partial charge in [-0.15, -0.1) is 0 Å². The molecule has 0 unspecified atom stereocenters. The van der Waals surface area contributed by atoms with Gasteiger partial charge in [-0.25, -0.2) is 4.79 Å². The van der Waals surface area contributed by atoms with E-state index in [-0.39, 0.29) is 0 Å².